The van der Waals surface area contributed by atoms with Gasteiger partial charge in [0.05, 0.1) is 0 Å². The van der Waals surface area contributed by atoms with Crippen molar-refractivity contribution >= 4 is 11.9 Å². The van der Waals surface area contributed by atoms with Crippen LogP contribution >= 0.6 is 0 Å². The monoisotopic (exact) mass is 264 g/mol. The van der Waals surface area contributed by atoms with Gasteiger partial charge in [0, 0.05) is 38.6 Å². The average Bonchev–Trinajstić information content (AvgIpc) is 2.48. The van der Waals surface area contributed by atoms with Crippen LogP contribution in [0.15, 0.2) is 18.5 Å². The van der Waals surface area contributed by atoms with E-state index in [9.17, 15) is 4.79 Å². The summed E-state index contributed by atoms with van der Waals surface area (Å²) in [6.07, 6.45) is 4.91. The van der Waals surface area contributed by atoms with Crippen LogP contribution in [0.1, 0.15) is 19.8 Å². The summed E-state index contributed by atoms with van der Waals surface area (Å²) in [4.78, 5) is 22.3. The van der Waals surface area contributed by atoms with Crippen molar-refractivity contribution in [2.24, 2.45) is 0 Å². The van der Waals surface area contributed by atoms with Crippen molar-refractivity contribution in [3.63, 3.8) is 0 Å². The molecular weight excluding hydrogens is 244 g/mol. The van der Waals surface area contributed by atoms with E-state index in [-0.39, 0.29) is 11.9 Å². The molecule has 2 heterocycles. The number of carbonyl (C=O) groups is 1. The summed E-state index contributed by atoms with van der Waals surface area (Å²) in [7, 11) is 1.54. The normalized spacial score (nSPS) is 18.1. The minimum atomic E-state index is -0.393. The quantitative estimate of drug-likeness (QED) is 0.862. The molecule has 19 heavy (non-hydrogen) atoms. The molecule has 6 nitrogen and oxygen atoms in total. The van der Waals surface area contributed by atoms with Crippen molar-refractivity contribution in [1.82, 2.24) is 15.3 Å². The van der Waals surface area contributed by atoms with Crippen LogP contribution in [-0.2, 0) is 9.53 Å². The first-order valence-electron chi connectivity index (χ1n) is 6.56. The molecule has 1 saturated heterocycles. The minimum absolute atomic E-state index is 0.0445. The maximum absolute atomic E-state index is 11.7. The smallest absolute Gasteiger partial charge is 0.249 e. The zero-order valence-electron chi connectivity index (χ0n) is 11.4. The van der Waals surface area contributed by atoms with Crippen molar-refractivity contribution in [2.75, 3.05) is 25.1 Å². The predicted octanol–water partition coefficient (Wildman–Crippen LogP) is 0.596. The highest BCUT2D eigenvalue weighted by Crippen LogP contribution is 2.15. The zero-order chi connectivity index (χ0) is 13.7. The third kappa shape index (κ3) is 3.64. The largest absolute Gasteiger partial charge is 0.372 e. The Morgan fingerprint density at radius 3 is 2.63 bits per heavy atom. The van der Waals surface area contributed by atoms with Crippen LogP contribution in [0.2, 0.25) is 0 Å². The predicted molar refractivity (Wildman–Crippen MR) is 71.9 cm³/mol. The molecule has 1 aromatic heterocycles. The SMILES string of the molecule is COC(C)C(=O)NC1CCN(c2ncccn2)CC1. The fraction of sp³-hybridized carbons (Fsp3) is 0.615. The first-order chi connectivity index (χ1) is 9.20. The van der Waals surface area contributed by atoms with Gasteiger partial charge < -0.3 is 15.0 Å². The second-order valence-electron chi connectivity index (χ2n) is 4.70. The Balaban J connectivity index is 1.81. The number of methoxy groups -OCH3 is 1. The number of aromatic nitrogens is 2. The van der Waals surface area contributed by atoms with Crippen LogP contribution in [0.3, 0.4) is 0 Å². The van der Waals surface area contributed by atoms with Gasteiger partial charge >= 0.3 is 0 Å². The maximum atomic E-state index is 11.7. The van der Waals surface area contributed by atoms with E-state index in [0.717, 1.165) is 31.9 Å². The second kappa shape index (κ2) is 6.47. The van der Waals surface area contributed by atoms with Crippen molar-refractivity contribution in [3.8, 4) is 0 Å². The van der Waals surface area contributed by atoms with E-state index >= 15 is 0 Å². The molecule has 1 aromatic rings. The molecule has 0 aromatic carbocycles. The van der Waals surface area contributed by atoms with E-state index in [0.29, 0.717) is 0 Å². The molecule has 1 N–H and O–H groups in total. The molecule has 1 amide bonds. The highest BCUT2D eigenvalue weighted by atomic mass is 16.5. The lowest BCUT2D eigenvalue weighted by atomic mass is 10.1. The number of anilines is 1. The van der Waals surface area contributed by atoms with Crippen LogP contribution in [-0.4, -0.2) is 48.2 Å². The van der Waals surface area contributed by atoms with Gasteiger partial charge in [0.1, 0.15) is 6.10 Å². The van der Waals surface area contributed by atoms with E-state index < -0.39 is 6.10 Å². The minimum Gasteiger partial charge on any atom is -0.372 e. The summed E-state index contributed by atoms with van der Waals surface area (Å²) in [6.45, 7) is 3.47. The number of ether oxygens (including phenoxy) is 1. The Bertz CT molecular complexity index is 404. The highest BCUT2D eigenvalue weighted by molar-refractivity contribution is 5.80. The highest BCUT2D eigenvalue weighted by Gasteiger charge is 2.23. The number of rotatable bonds is 4. The lowest BCUT2D eigenvalue weighted by Gasteiger charge is -2.32. The van der Waals surface area contributed by atoms with Gasteiger partial charge in [-0.3, -0.25) is 4.79 Å². The molecule has 0 spiro atoms. The third-order valence-electron chi connectivity index (χ3n) is 3.40. The molecule has 1 aliphatic heterocycles. The van der Waals surface area contributed by atoms with Crippen LogP contribution in [0.5, 0.6) is 0 Å². The number of hydrogen-bond donors (Lipinski definition) is 1. The Hall–Kier alpha value is -1.69. The first-order valence-corrected chi connectivity index (χ1v) is 6.56. The molecule has 2 rings (SSSR count). The number of nitrogens with zero attached hydrogens (tertiary/aromatic N) is 3. The van der Waals surface area contributed by atoms with Crippen LogP contribution in [0.25, 0.3) is 0 Å². The molecule has 1 atom stereocenters. The van der Waals surface area contributed by atoms with Crippen molar-refractivity contribution in [1.29, 1.82) is 0 Å². The van der Waals surface area contributed by atoms with Gasteiger partial charge in [-0.05, 0) is 25.8 Å². The zero-order valence-corrected chi connectivity index (χ0v) is 11.4. The third-order valence-corrected chi connectivity index (χ3v) is 3.40. The number of carbonyl (C=O) groups excluding carboxylic acids is 1. The van der Waals surface area contributed by atoms with E-state index in [2.05, 4.69) is 20.2 Å². The van der Waals surface area contributed by atoms with Crippen molar-refractivity contribution < 1.29 is 9.53 Å². The van der Waals surface area contributed by atoms with Crippen molar-refractivity contribution in [3.05, 3.63) is 18.5 Å². The molecule has 0 radical (unpaired) electrons. The summed E-state index contributed by atoms with van der Waals surface area (Å²) in [5.74, 6) is 0.717. The van der Waals surface area contributed by atoms with E-state index in [4.69, 9.17) is 4.74 Å². The Morgan fingerprint density at radius 1 is 1.42 bits per heavy atom. The first kappa shape index (κ1) is 13.7. The van der Waals surface area contributed by atoms with Gasteiger partial charge in [-0.15, -0.1) is 0 Å². The maximum Gasteiger partial charge on any atom is 0.249 e. The van der Waals surface area contributed by atoms with E-state index in [1.54, 1.807) is 26.4 Å². The molecular formula is C13H20N4O2. The molecule has 1 aliphatic rings. The lowest BCUT2D eigenvalue weighted by Crippen LogP contribution is -2.47. The lowest BCUT2D eigenvalue weighted by molar-refractivity contribution is -0.130. The van der Waals surface area contributed by atoms with E-state index in [1.807, 2.05) is 6.07 Å². The molecule has 1 unspecified atom stereocenters. The summed E-state index contributed by atoms with van der Waals surface area (Å²) >= 11 is 0. The Morgan fingerprint density at radius 2 is 2.05 bits per heavy atom. The fourth-order valence-corrected chi connectivity index (χ4v) is 2.10. The van der Waals surface area contributed by atoms with Crippen LogP contribution in [0.4, 0.5) is 5.95 Å². The number of nitrogens with one attached hydrogen (secondary N) is 1. The van der Waals surface area contributed by atoms with Crippen LogP contribution < -0.4 is 10.2 Å². The summed E-state index contributed by atoms with van der Waals surface area (Å²) in [5, 5.41) is 3.01. The number of hydrogen-bond acceptors (Lipinski definition) is 5. The fourth-order valence-electron chi connectivity index (χ4n) is 2.10. The van der Waals surface area contributed by atoms with Crippen LogP contribution in [0, 0.1) is 0 Å². The molecule has 0 bridgehead atoms. The summed E-state index contributed by atoms with van der Waals surface area (Å²) in [6, 6.07) is 2.02. The molecule has 104 valence electrons. The number of amides is 1. The second-order valence-corrected chi connectivity index (χ2v) is 4.70. The van der Waals surface area contributed by atoms with Gasteiger partial charge in [0.25, 0.3) is 0 Å². The average molecular weight is 264 g/mol. The van der Waals surface area contributed by atoms with Gasteiger partial charge in [0.15, 0.2) is 0 Å². The molecule has 0 aliphatic carbocycles. The summed E-state index contributed by atoms with van der Waals surface area (Å²) < 4.78 is 5.00. The Labute approximate surface area is 113 Å². The van der Waals surface area contributed by atoms with Gasteiger partial charge in [-0.1, -0.05) is 0 Å². The number of piperidine rings is 1. The summed E-state index contributed by atoms with van der Waals surface area (Å²) in [5.41, 5.74) is 0. The standard InChI is InChI=1S/C13H20N4O2/c1-10(19-2)12(18)16-11-4-8-17(9-5-11)13-14-6-3-7-15-13/h3,6-7,10-11H,4-5,8-9H2,1-2H3,(H,16,18). The van der Waals surface area contributed by atoms with Gasteiger partial charge in [-0.25, -0.2) is 9.97 Å². The molecule has 6 heteroatoms. The van der Waals surface area contributed by atoms with Gasteiger partial charge in [-0.2, -0.15) is 0 Å². The Kier molecular flexibility index (Phi) is 4.68. The van der Waals surface area contributed by atoms with Gasteiger partial charge in [0.2, 0.25) is 11.9 Å². The molecule has 0 saturated carbocycles. The van der Waals surface area contributed by atoms with E-state index in [1.165, 1.54) is 0 Å². The van der Waals surface area contributed by atoms with Crippen molar-refractivity contribution in [2.45, 2.75) is 31.9 Å². The molecule has 1 fully saturated rings. The topological polar surface area (TPSA) is 67.3 Å².